The van der Waals surface area contributed by atoms with Gasteiger partial charge in [-0.15, -0.1) is 0 Å². The normalized spacial score (nSPS) is 17.4. The highest BCUT2D eigenvalue weighted by Gasteiger charge is 2.43. The van der Waals surface area contributed by atoms with E-state index in [0.29, 0.717) is 29.0 Å². The van der Waals surface area contributed by atoms with E-state index in [1.165, 1.54) is 12.1 Å². The Bertz CT molecular complexity index is 894. The molecule has 162 valence electrons. The maximum absolute atomic E-state index is 13.1. The van der Waals surface area contributed by atoms with E-state index in [1.807, 2.05) is 0 Å². The van der Waals surface area contributed by atoms with Crippen LogP contribution in [0, 0.1) is 0 Å². The summed E-state index contributed by atoms with van der Waals surface area (Å²) in [7, 11) is 0. The molecule has 3 nitrogen and oxygen atoms in total. The lowest BCUT2D eigenvalue weighted by Crippen LogP contribution is -2.46. The molecule has 1 atom stereocenters. The van der Waals surface area contributed by atoms with E-state index >= 15 is 0 Å². The summed E-state index contributed by atoms with van der Waals surface area (Å²) in [5, 5.41) is 14.7. The molecule has 0 aliphatic heterocycles. The van der Waals surface area contributed by atoms with Crippen LogP contribution in [0.4, 0.5) is 13.2 Å². The molecule has 30 heavy (non-hydrogen) atoms. The number of amides is 1. The topological polar surface area (TPSA) is 49.3 Å². The molecule has 3 rings (SSSR count). The molecule has 0 spiro atoms. The van der Waals surface area contributed by atoms with Gasteiger partial charge in [0.1, 0.15) is 0 Å². The van der Waals surface area contributed by atoms with Crippen molar-refractivity contribution in [2.45, 2.75) is 56.3 Å². The van der Waals surface area contributed by atoms with Crippen LogP contribution in [0.5, 0.6) is 0 Å². The Morgan fingerprint density at radius 3 is 2.23 bits per heavy atom. The number of benzene rings is 2. The number of halogens is 5. The number of carbonyl (C=O) groups is 1. The van der Waals surface area contributed by atoms with Crippen molar-refractivity contribution in [3.8, 4) is 0 Å². The van der Waals surface area contributed by atoms with E-state index in [4.69, 9.17) is 23.2 Å². The first kappa shape index (κ1) is 22.9. The number of hydrogen-bond acceptors (Lipinski definition) is 2. The van der Waals surface area contributed by atoms with Gasteiger partial charge in [-0.2, -0.15) is 13.2 Å². The van der Waals surface area contributed by atoms with Crippen molar-refractivity contribution in [2.75, 3.05) is 0 Å². The lowest BCUT2D eigenvalue weighted by atomic mass is 9.72. The Kier molecular flexibility index (Phi) is 7.00. The molecule has 1 amide bonds. The standard InChI is InChI=1S/C22H22Cl2F3NO2/c23-17-9-6-15(12-18(17)24)19(21(30)10-2-1-3-11-21)20(29)28-13-14-4-7-16(8-5-14)22(25,26)27/h4-9,12,19,30H,1-3,10-11,13H2,(H,28,29). The van der Waals surface area contributed by atoms with Gasteiger partial charge in [0.05, 0.1) is 27.1 Å². The molecular weight excluding hydrogens is 438 g/mol. The molecule has 1 saturated carbocycles. The van der Waals surface area contributed by atoms with E-state index in [9.17, 15) is 23.1 Å². The van der Waals surface area contributed by atoms with Crippen molar-refractivity contribution in [1.29, 1.82) is 0 Å². The van der Waals surface area contributed by atoms with E-state index < -0.39 is 29.2 Å². The van der Waals surface area contributed by atoms with E-state index in [0.717, 1.165) is 31.4 Å². The lowest BCUT2D eigenvalue weighted by molar-refractivity contribution is -0.137. The second-order valence-corrected chi connectivity index (χ2v) is 8.50. The molecule has 0 aromatic heterocycles. The zero-order valence-corrected chi connectivity index (χ0v) is 17.6. The number of nitrogens with one attached hydrogen (secondary N) is 1. The quantitative estimate of drug-likeness (QED) is 0.566. The van der Waals surface area contributed by atoms with Gasteiger partial charge in [0, 0.05) is 6.54 Å². The Morgan fingerprint density at radius 1 is 1.03 bits per heavy atom. The number of aliphatic hydroxyl groups is 1. The van der Waals surface area contributed by atoms with Gasteiger partial charge in [0.25, 0.3) is 0 Å². The van der Waals surface area contributed by atoms with Gasteiger partial charge in [-0.3, -0.25) is 4.79 Å². The van der Waals surface area contributed by atoms with Crippen LogP contribution in [0.15, 0.2) is 42.5 Å². The van der Waals surface area contributed by atoms with Crippen molar-refractivity contribution in [2.24, 2.45) is 0 Å². The van der Waals surface area contributed by atoms with Crippen LogP contribution in [0.3, 0.4) is 0 Å². The molecule has 2 aromatic carbocycles. The molecule has 0 radical (unpaired) electrons. The largest absolute Gasteiger partial charge is 0.416 e. The molecule has 0 saturated heterocycles. The third-order valence-electron chi connectivity index (χ3n) is 5.54. The fourth-order valence-corrected chi connectivity index (χ4v) is 4.26. The molecule has 2 aromatic rings. The molecule has 1 unspecified atom stereocenters. The maximum Gasteiger partial charge on any atom is 0.416 e. The zero-order valence-electron chi connectivity index (χ0n) is 16.1. The SMILES string of the molecule is O=C(NCc1ccc(C(F)(F)F)cc1)C(c1ccc(Cl)c(Cl)c1)C1(O)CCCCC1. The zero-order chi connectivity index (χ0) is 21.9. The molecule has 0 bridgehead atoms. The highest BCUT2D eigenvalue weighted by Crippen LogP contribution is 2.41. The summed E-state index contributed by atoms with van der Waals surface area (Å²) < 4.78 is 38.2. The average Bonchev–Trinajstić information content (AvgIpc) is 2.69. The van der Waals surface area contributed by atoms with E-state index in [2.05, 4.69) is 5.32 Å². The molecular formula is C22H22Cl2F3NO2. The predicted molar refractivity (Wildman–Crippen MR) is 111 cm³/mol. The van der Waals surface area contributed by atoms with Crippen LogP contribution >= 0.6 is 23.2 Å². The molecule has 8 heteroatoms. The second-order valence-electron chi connectivity index (χ2n) is 7.68. The predicted octanol–water partition coefficient (Wildman–Crippen LogP) is 6.11. The Balaban J connectivity index is 1.80. The molecule has 1 fully saturated rings. The third kappa shape index (κ3) is 5.29. The summed E-state index contributed by atoms with van der Waals surface area (Å²) in [6.07, 6.45) is -0.854. The van der Waals surface area contributed by atoms with Gasteiger partial charge in [0.2, 0.25) is 5.91 Å². The van der Waals surface area contributed by atoms with Crippen LogP contribution in [-0.2, 0) is 17.5 Å². The van der Waals surface area contributed by atoms with Crippen molar-refractivity contribution >= 4 is 29.1 Å². The average molecular weight is 460 g/mol. The van der Waals surface area contributed by atoms with Crippen LogP contribution in [0.25, 0.3) is 0 Å². The van der Waals surface area contributed by atoms with Gasteiger partial charge in [0.15, 0.2) is 0 Å². The number of hydrogen-bond donors (Lipinski definition) is 2. The Labute approximate surface area is 183 Å². The highest BCUT2D eigenvalue weighted by atomic mass is 35.5. The molecule has 0 heterocycles. The lowest BCUT2D eigenvalue weighted by Gasteiger charge is -2.38. The Morgan fingerprint density at radius 2 is 1.67 bits per heavy atom. The van der Waals surface area contributed by atoms with Gasteiger partial charge >= 0.3 is 6.18 Å². The third-order valence-corrected chi connectivity index (χ3v) is 6.28. The van der Waals surface area contributed by atoms with Crippen LogP contribution in [0.1, 0.15) is 54.7 Å². The fraction of sp³-hybridized carbons (Fsp3) is 0.409. The number of carbonyl (C=O) groups excluding carboxylic acids is 1. The van der Waals surface area contributed by atoms with Crippen molar-refractivity contribution in [1.82, 2.24) is 5.32 Å². The van der Waals surface area contributed by atoms with Crippen LogP contribution in [-0.4, -0.2) is 16.6 Å². The summed E-state index contributed by atoms with van der Waals surface area (Å²) in [5.41, 5.74) is -0.888. The first-order valence-electron chi connectivity index (χ1n) is 9.71. The minimum absolute atomic E-state index is 0.0465. The van der Waals surface area contributed by atoms with Gasteiger partial charge in [-0.1, -0.05) is 60.7 Å². The van der Waals surface area contributed by atoms with Gasteiger partial charge in [-0.05, 0) is 48.2 Å². The number of rotatable bonds is 5. The molecule has 1 aliphatic carbocycles. The van der Waals surface area contributed by atoms with Crippen molar-refractivity contribution in [3.63, 3.8) is 0 Å². The minimum atomic E-state index is -4.41. The highest BCUT2D eigenvalue weighted by molar-refractivity contribution is 6.42. The molecule has 1 aliphatic rings. The summed E-state index contributed by atoms with van der Waals surface area (Å²) in [4.78, 5) is 13.1. The second kappa shape index (κ2) is 9.16. The van der Waals surface area contributed by atoms with Crippen molar-refractivity contribution in [3.05, 3.63) is 69.2 Å². The summed E-state index contributed by atoms with van der Waals surface area (Å²) in [5.74, 6) is -1.26. The fourth-order valence-electron chi connectivity index (χ4n) is 3.95. The van der Waals surface area contributed by atoms with E-state index in [-0.39, 0.29) is 11.6 Å². The van der Waals surface area contributed by atoms with Crippen molar-refractivity contribution < 1.29 is 23.1 Å². The van der Waals surface area contributed by atoms with Gasteiger partial charge in [-0.25, -0.2) is 0 Å². The maximum atomic E-state index is 13.1. The van der Waals surface area contributed by atoms with Gasteiger partial charge < -0.3 is 10.4 Å². The summed E-state index contributed by atoms with van der Waals surface area (Å²) >= 11 is 12.1. The van der Waals surface area contributed by atoms with E-state index in [1.54, 1.807) is 18.2 Å². The number of alkyl halides is 3. The first-order valence-corrected chi connectivity index (χ1v) is 10.5. The Hall–Kier alpha value is -1.76. The summed E-state index contributed by atoms with van der Waals surface area (Å²) in [6, 6.07) is 9.45. The van der Waals surface area contributed by atoms with Crippen LogP contribution < -0.4 is 5.32 Å². The summed E-state index contributed by atoms with van der Waals surface area (Å²) in [6.45, 7) is 0.0465. The smallest absolute Gasteiger partial charge is 0.389 e. The van der Waals surface area contributed by atoms with Crippen LogP contribution in [0.2, 0.25) is 10.0 Å². The monoisotopic (exact) mass is 459 g/mol. The minimum Gasteiger partial charge on any atom is -0.389 e. The first-order chi connectivity index (χ1) is 14.1. The molecule has 2 N–H and O–H groups in total.